The Bertz CT molecular complexity index is 627. The van der Waals surface area contributed by atoms with Crippen LogP contribution in [0.25, 0.3) is 0 Å². The van der Waals surface area contributed by atoms with Gasteiger partial charge in [0.05, 0.1) is 0 Å². The van der Waals surface area contributed by atoms with Gasteiger partial charge in [-0.05, 0) is 55.2 Å². The molecule has 0 aliphatic heterocycles. The van der Waals surface area contributed by atoms with Crippen LogP contribution >= 0.6 is 0 Å². The molecule has 1 N–H and O–H groups in total. The van der Waals surface area contributed by atoms with Crippen LogP contribution in [0.15, 0.2) is 53.4 Å². The summed E-state index contributed by atoms with van der Waals surface area (Å²) in [7, 11) is -0.927. The standard InChI is InChI=1S/C18H22FNOS/c1-14(6-7-15-4-3-5-17(19)12-15)20-13-16-8-10-18(11-9-16)22(2)21/h3-5,8-12,14,20H,6-7,13H2,1-2H3/t14-,22-/m0/s1. The van der Waals surface area contributed by atoms with Gasteiger partial charge in [0.1, 0.15) is 5.82 Å². The first-order chi connectivity index (χ1) is 10.5. The number of benzene rings is 2. The van der Waals surface area contributed by atoms with E-state index < -0.39 is 10.8 Å². The van der Waals surface area contributed by atoms with Gasteiger partial charge in [0.2, 0.25) is 0 Å². The van der Waals surface area contributed by atoms with Crippen LogP contribution in [0.3, 0.4) is 0 Å². The van der Waals surface area contributed by atoms with E-state index in [1.165, 1.54) is 11.6 Å². The second-order valence-electron chi connectivity index (χ2n) is 5.55. The van der Waals surface area contributed by atoms with E-state index >= 15 is 0 Å². The first-order valence-corrected chi connectivity index (χ1v) is 9.00. The van der Waals surface area contributed by atoms with Crippen molar-refractivity contribution in [2.45, 2.75) is 37.2 Å². The van der Waals surface area contributed by atoms with Gasteiger partial charge in [0.25, 0.3) is 0 Å². The number of hydrogen-bond donors (Lipinski definition) is 1. The highest BCUT2D eigenvalue weighted by Gasteiger charge is 2.04. The lowest BCUT2D eigenvalue weighted by Crippen LogP contribution is -2.25. The molecule has 0 unspecified atom stereocenters. The molecule has 0 saturated heterocycles. The van der Waals surface area contributed by atoms with E-state index in [0.717, 1.165) is 29.8 Å². The molecule has 4 heteroatoms. The molecule has 0 heterocycles. The van der Waals surface area contributed by atoms with E-state index in [1.807, 2.05) is 30.3 Å². The molecular weight excluding hydrogens is 297 g/mol. The first kappa shape index (κ1) is 16.8. The number of aryl methyl sites for hydroxylation is 1. The summed E-state index contributed by atoms with van der Waals surface area (Å²) in [6.07, 6.45) is 3.50. The van der Waals surface area contributed by atoms with Gasteiger partial charge in [-0.2, -0.15) is 0 Å². The Morgan fingerprint density at radius 1 is 1.14 bits per heavy atom. The lowest BCUT2D eigenvalue weighted by Gasteiger charge is -2.14. The summed E-state index contributed by atoms with van der Waals surface area (Å²) in [4.78, 5) is 0.850. The zero-order chi connectivity index (χ0) is 15.9. The molecule has 0 aromatic heterocycles. The summed E-state index contributed by atoms with van der Waals surface area (Å²) in [5.74, 6) is -0.175. The van der Waals surface area contributed by atoms with Crippen LogP contribution in [0.1, 0.15) is 24.5 Å². The zero-order valence-electron chi connectivity index (χ0n) is 13.0. The molecule has 2 atom stereocenters. The van der Waals surface area contributed by atoms with E-state index in [9.17, 15) is 8.60 Å². The van der Waals surface area contributed by atoms with Crippen molar-refractivity contribution >= 4 is 10.8 Å². The number of rotatable bonds is 7. The predicted octanol–water partition coefficient (Wildman–Crippen LogP) is 3.67. The highest BCUT2D eigenvalue weighted by molar-refractivity contribution is 7.84. The van der Waals surface area contributed by atoms with Crippen LogP contribution in [0.2, 0.25) is 0 Å². The highest BCUT2D eigenvalue weighted by Crippen LogP contribution is 2.10. The van der Waals surface area contributed by atoms with Crippen LogP contribution in [0.5, 0.6) is 0 Å². The normalized spacial score (nSPS) is 13.8. The Morgan fingerprint density at radius 3 is 2.50 bits per heavy atom. The van der Waals surface area contributed by atoms with E-state index in [-0.39, 0.29) is 5.82 Å². The second-order valence-corrected chi connectivity index (χ2v) is 6.93. The molecule has 0 radical (unpaired) electrons. The second kappa shape index (κ2) is 8.20. The molecule has 2 aromatic carbocycles. The SMILES string of the molecule is C[C@@H](CCc1cccc(F)c1)NCc1ccc([S@](C)=O)cc1. The van der Waals surface area contributed by atoms with Gasteiger partial charge in [-0.25, -0.2) is 4.39 Å². The number of halogens is 1. The minimum atomic E-state index is -0.927. The van der Waals surface area contributed by atoms with Crippen molar-refractivity contribution in [3.63, 3.8) is 0 Å². The van der Waals surface area contributed by atoms with Gasteiger partial charge in [-0.15, -0.1) is 0 Å². The summed E-state index contributed by atoms with van der Waals surface area (Å²) in [6, 6.07) is 14.9. The van der Waals surface area contributed by atoms with Gasteiger partial charge >= 0.3 is 0 Å². The lowest BCUT2D eigenvalue weighted by molar-refractivity contribution is 0.513. The quantitative estimate of drug-likeness (QED) is 0.843. The first-order valence-electron chi connectivity index (χ1n) is 7.45. The average molecular weight is 319 g/mol. The summed E-state index contributed by atoms with van der Waals surface area (Å²) < 4.78 is 24.4. The fourth-order valence-corrected chi connectivity index (χ4v) is 2.79. The van der Waals surface area contributed by atoms with Crippen molar-refractivity contribution in [3.8, 4) is 0 Å². The molecule has 0 aliphatic rings. The Morgan fingerprint density at radius 2 is 1.86 bits per heavy atom. The summed E-state index contributed by atoms with van der Waals surface area (Å²) in [6.45, 7) is 2.91. The molecule has 118 valence electrons. The smallest absolute Gasteiger partial charge is 0.123 e. The third-order valence-corrected chi connectivity index (χ3v) is 4.60. The predicted molar refractivity (Wildman–Crippen MR) is 89.8 cm³/mol. The van der Waals surface area contributed by atoms with Crippen molar-refractivity contribution in [1.29, 1.82) is 0 Å². The van der Waals surface area contributed by atoms with Crippen LogP contribution in [0, 0.1) is 5.82 Å². The van der Waals surface area contributed by atoms with Gasteiger partial charge in [0.15, 0.2) is 0 Å². The number of hydrogen-bond acceptors (Lipinski definition) is 2. The Hall–Kier alpha value is -1.52. The molecule has 2 rings (SSSR count). The van der Waals surface area contributed by atoms with E-state index in [4.69, 9.17) is 0 Å². The molecule has 0 aliphatic carbocycles. The molecule has 0 bridgehead atoms. The van der Waals surface area contributed by atoms with Crippen molar-refractivity contribution in [3.05, 3.63) is 65.5 Å². The van der Waals surface area contributed by atoms with Crippen LogP contribution in [-0.4, -0.2) is 16.5 Å². The van der Waals surface area contributed by atoms with E-state index in [0.29, 0.717) is 6.04 Å². The third kappa shape index (κ3) is 5.35. The highest BCUT2D eigenvalue weighted by atomic mass is 32.2. The largest absolute Gasteiger partial charge is 0.310 e. The Kier molecular flexibility index (Phi) is 6.28. The van der Waals surface area contributed by atoms with E-state index in [2.05, 4.69) is 12.2 Å². The molecule has 2 nitrogen and oxygen atoms in total. The molecule has 0 amide bonds. The molecule has 0 saturated carbocycles. The van der Waals surface area contributed by atoms with Gasteiger partial charge < -0.3 is 5.32 Å². The van der Waals surface area contributed by atoms with Crippen molar-refractivity contribution < 1.29 is 8.60 Å². The maximum absolute atomic E-state index is 13.1. The zero-order valence-corrected chi connectivity index (χ0v) is 13.8. The Balaban J connectivity index is 1.77. The van der Waals surface area contributed by atoms with Crippen molar-refractivity contribution in [2.75, 3.05) is 6.26 Å². The minimum Gasteiger partial charge on any atom is -0.310 e. The van der Waals surface area contributed by atoms with Crippen molar-refractivity contribution in [1.82, 2.24) is 5.32 Å². The lowest BCUT2D eigenvalue weighted by atomic mass is 10.1. The molecule has 2 aromatic rings. The fraction of sp³-hybridized carbons (Fsp3) is 0.333. The van der Waals surface area contributed by atoms with Gasteiger partial charge in [-0.1, -0.05) is 24.3 Å². The summed E-state index contributed by atoms with van der Waals surface area (Å²) in [5, 5.41) is 3.46. The van der Waals surface area contributed by atoms with Gasteiger partial charge in [-0.3, -0.25) is 4.21 Å². The molecular formula is C18H22FNOS. The maximum Gasteiger partial charge on any atom is 0.123 e. The van der Waals surface area contributed by atoms with Crippen molar-refractivity contribution in [2.24, 2.45) is 0 Å². The monoisotopic (exact) mass is 319 g/mol. The van der Waals surface area contributed by atoms with E-state index in [1.54, 1.807) is 18.4 Å². The molecule has 22 heavy (non-hydrogen) atoms. The summed E-state index contributed by atoms with van der Waals surface area (Å²) in [5.41, 5.74) is 2.20. The van der Waals surface area contributed by atoms with Gasteiger partial charge in [0, 0.05) is 34.5 Å². The molecule has 0 fully saturated rings. The average Bonchev–Trinajstić information content (AvgIpc) is 2.51. The fourth-order valence-electron chi connectivity index (χ4n) is 2.27. The minimum absolute atomic E-state index is 0.175. The number of nitrogens with one attached hydrogen (secondary N) is 1. The van der Waals surface area contributed by atoms with Crippen LogP contribution < -0.4 is 5.32 Å². The topological polar surface area (TPSA) is 29.1 Å². The Labute approximate surface area is 134 Å². The van der Waals surface area contributed by atoms with Crippen LogP contribution in [-0.2, 0) is 23.8 Å². The summed E-state index contributed by atoms with van der Waals surface area (Å²) >= 11 is 0. The molecule has 0 spiro atoms. The maximum atomic E-state index is 13.1. The van der Waals surface area contributed by atoms with Crippen LogP contribution in [0.4, 0.5) is 4.39 Å². The third-order valence-electron chi connectivity index (χ3n) is 3.66.